The monoisotopic (exact) mass is 211 g/mol. The van der Waals surface area contributed by atoms with Crippen LogP contribution in [0.3, 0.4) is 0 Å². The molecule has 0 N–H and O–H groups in total. The van der Waals surface area contributed by atoms with Crippen molar-refractivity contribution in [3.8, 4) is 5.88 Å². The molecule has 0 saturated carbocycles. The molecule has 0 bridgehead atoms. The van der Waals surface area contributed by atoms with E-state index in [9.17, 15) is 4.79 Å². The van der Waals surface area contributed by atoms with Crippen LogP contribution in [0.25, 0.3) is 0 Å². The number of halogens is 1. The van der Waals surface area contributed by atoms with E-state index in [0.717, 1.165) is 0 Å². The summed E-state index contributed by atoms with van der Waals surface area (Å²) in [5.74, 6) is 0.418. The fourth-order valence-electron chi connectivity index (χ4n) is 1.49. The summed E-state index contributed by atoms with van der Waals surface area (Å²) in [4.78, 5) is 15.7. The number of carbonyl (C=O) groups excluding carboxylic acids is 1. The number of Topliss-reactive ketones (excluding diaryl/α,β-unsaturated/α-hetero) is 1. The highest BCUT2D eigenvalue weighted by atomic mass is 35.5. The van der Waals surface area contributed by atoms with Gasteiger partial charge in [0.05, 0.1) is 17.0 Å². The summed E-state index contributed by atoms with van der Waals surface area (Å²) < 4.78 is 5.55. The van der Waals surface area contributed by atoms with E-state index in [0.29, 0.717) is 22.9 Å². The van der Waals surface area contributed by atoms with Crippen LogP contribution >= 0.6 is 11.6 Å². The van der Waals surface area contributed by atoms with Crippen molar-refractivity contribution < 1.29 is 9.53 Å². The highest BCUT2D eigenvalue weighted by molar-refractivity contribution is 6.30. The zero-order chi connectivity index (χ0) is 10.3. The average molecular weight is 212 g/mol. The maximum atomic E-state index is 11.7. The molecule has 0 aliphatic carbocycles. The highest BCUT2D eigenvalue weighted by Crippen LogP contribution is 2.32. The molecule has 1 aliphatic heterocycles. The molecule has 1 aromatic rings. The van der Waals surface area contributed by atoms with Crippen molar-refractivity contribution in [2.45, 2.75) is 25.9 Å². The van der Waals surface area contributed by atoms with Gasteiger partial charge in [-0.05, 0) is 19.9 Å². The van der Waals surface area contributed by atoms with Gasteiger partial charge < -0.3 is 4.74 Å². The van der Waals surface area contributed by atoms with Gasteiger partial charge in [-0.1, -0.05) is 11.6 Å². The van der Waals surface area contributed by atoms with Crippen LogP contribution in [-0.4, -0.2) is 16.4 Å². The summed E-state index contributed by atoms with van der Waals surface area (Å²) in [6.45, 7) is 3.73. The van der Waals surface area contributed by atoms with Crippen molar-refractivity contribution in [3.05, 3.63) is 22.8 Å². The molecule has 14 heavy (non-hydrogen) atoms. The van der Waals surface area contributed by atoms with Crippen molar-refractivity contribution >= 4 is 17.4 Å². The lowest BCUT2D eigenvalue weighted by molar-refractivity contribution is 0.0590. The first-order valence-corrected chi connectivity index (χ1v) is 4.73. The summed E-state index contributed by atoms with van der Waals surface area (Å²) in [6.07, 6.45) is 1.84. The van der Waals surface area contributed by atoms with Gasteiger partial charge in [-0.3, -0.25) is 4.79 Å². The molecule has 4 heteroatoms. The molecule has 0 saturated heterocycles. The molecule has 2 rings (SSSR count). The topological polar surface area (TPSA) is 39.2 Å². The van der Waals surface area contributed by atoms with Gasteiger partial charge in [0.15, 0.2) is 5.78 Å². The van der Waals surface area contributed by atoms with E-state index in [1.165, 1.54) is 6.20 Å². The Morgan fingerprint density at radius 2 is 2.29 bits per heavy atom. The zero-order valence-corrected chi connectivity index (χ0v) is 8.76. The fourth-order valence-corrected chi connectivity index (χ4v) is 1.65. The molecule has 1 aromatic heterocycles. The van der Waals surface area contributed by atoms with Crippen LogP contribution < -0.4 is 4.74 Å². The fraction of sp³-hybridized carbons (Fsp3) is 0.400. The third-order valence-corrected chi connectivity index (χ3v) is 2.28. The summed E-state index contributed by atoms with van der Waals surface area (Å²) >= 11 is 5.74. The Bertz CT molecular complexity index is 401. The van der Waals surface area contributed by atoms with Gasteiger partial charge in [0, 0.05) is 6.20 Å². The first kappa shape index (κ1) is 9.46. The first-order chi connectivity index (χ1) is 6.48. The molecular weight excluding hydrogens is 202 g/mol. The Labute approximate surface area is 87.0 Å². The molecule has 2 heterocycles. The Hall–Kier alpha value is -1.09. The second-order valence-electron chi connectivity index (χ2n) is 3.97. The van der Waals surface area contributed by atoms with Crippen molar-refractivity contribution in [2.24, 2.45) is 0 Å². The number of pyridine rings is 1. The van der Waals surface area contributed by atoms with E-state index in [-0.39, 0.29) is 5.78 Å². The zero-order valence-electron chi connectivity index (χ0n) is 8.00. The molecule has 0 atom stereocenters. The predicted molar refractivity (Wildman–Crippen MR) is 52.9 cm³/mol. The highest BCUT2D eigenvalue weighted by Gasteiger charge is 2.33. The standard InChI is InChI=1S/C10H10ClNO2/c1-10(2)4-8(13)7-3-6(11)5-12-9(7)14-10/h3,5H,4H2,1-2H3. The van der Waals surface area contributed by atoms with Gasteiger partial charge in [0.2, 0.25) is 5.88 Å². The number of ether oxygens (including phenoxy) is 1. The summed E-state index contributed by atoms with van der Waals surface area (Å²) in [7, 11) is 0. The molecule has 74 valence electrons. The maximum absolute atomic E-state index is 11.7. The van der Waals surface area contributed by atoms with Crippen LogP contribution in [-0.2, 0) is 0 Å². The lowest BCUT2D eigenvalue weighted by Gasteiger charge is -2.30. The molecule has 0 unspecified atom stereocenters. The Morgan fingerprint density at radius 3 is 3.00 bits per heavy atom. The average Bonchev–Trinajstić information content (AvgIpc) is 2.05. The van der Waals surface area contributed by atoms with Gasteiger partial charge >= 0.3 is 0 Å². The number of fused-ring (bicyclic) bond motifs is 1. The van der Waals surface area contributed by atoms with Gasteiger partial charge in [-0.25, -0.2) is 4.98 Å². The van der Waals surface area contributed by atoms with Crippen LogP contribution in [0.1, 0.15) is 30.6 Å². The third kappa shape index (κ3) is 1.60. The lowest BCUT2D eigenvalue weighted by Crippen LogP contribution is -2.36. The number of rotatable bonds is 0. The van der Waals surface area contributed by atoms with E-state index in [2.05, 4.69) is 4.98 Å². The Morgan fingerprint density at radius 1 is 1.57 bits per heavy atom. The first-order valence-electron chi connectivity index (χ1n) is 4.36. The lowest BCUT2D eigenvalue weighted by atomic mass is 9.95. The van der Waals surface area contributed by atoms with Gasteiger partial charge in [-0.2, -0.15) is 0 Å². The molecule has 0 fully saturated rings. The second-order valence-corrected chi connectivity index (χ2v) is 4.40. The molecule has 0 aromatic carbocycles. The Kier molecular flexibility index (Phi) is 2.00. The number of nitrogens with zero attached hydrogens (tertiary/aromatic N) is 1. The molecule has 0 radical (unpaired) electrons. The van der Waals surface area contributed by atoms with Crippen LogP contribution in [0.2, 0.25) is 5.02 Å². The molecule has 1 aliphatic rings. The molecule has 0 spiro atoms. The van der Waals surface area contributed by atoms with E-state index < -0.39 is 5.60 Å². The molecule has 0 amide bonds. The van der Waals surface area contributed by atoms with Crippen molar-refractivity contribution in [3.63, 3.8) is 0 Å². The molecular formula is C10H10ClNO2. The van der Waals surface area contributed by atoms with E-state index >= 15 is 0 Å². The van der Waals surface area contributed by atoms with Gasteiger partial charge in [-0.15, -0.1) is 0 Å². The largest absolute Gasteiger partial charge is 0.471 e. The number of carbonyl (C=O) groups is 1. The van der Waals surface area contributed by atoms with E-state index in [1.807, 2.05) is 13.8 Å². The van der Waals surface area contributed by atoms with Crippen LogP contribution in [0.15, 0.2) is 12.3 Å². The van der Waals surface area contributed by atoms with E-state index in [4.69, 9.17) is 16.3 Å². The minimum Gasteiger partial charge on any atom is -0.471 e. The van der Waals surface area contributed by atoms with Crippen LogP contribution in [0.4, 0.5) is 0 Å². The minimum absolute atomic E-state index is 0.0336. The number of ketones is 1. The second kappa shape index (κ2) is 2.95. The summed E-state index contributed by atoms with van der Waals surface area (Å²) in [5, 5.41) is 0.459. The van der Waals surface area contributed by atoms with Crippen molar-refractivity contribution in [2.75, 3.05) is 0 Å². The molecule has 3 nitrogen and oxygen atoms in total. The van der Waals surface area contributed by atoms with Gasteiger partial charge in [0.25, 0.3) is 0 Å². The minimum atomic E-state index is -0.467. The summed E-state index contributed by atoms with van der Waals surface area (Å²) in [5.41, 5.74) is 0.0158. The van der Waals surface area contributed by atoms with Gasteiger partial charge in [0.1, 0.15) is 5.60 Å². The van der Waals surface area contributed by atoms with Crippen molar-refractivity contribution in [1.29, 1.82) is 0 Å². The quantitative estimate of drug-likeness (QED) is 0.662. The van der Waals surface area contributed by atoms with Crippen LogP contribution in [0, 0.1) is 0 Å². The number of aromatic nitrogens is 1. The third-order valence-electron chi connectivity index (χ3n) is 2.08. The number of hydrogen-bond acceptors (Lipinski definition) is 3. The number of hydrogen-bond donors (Lipinski definition) is 0. The van der Waals surface area contributed by atoms with E-state index in [1.54, 1.807) is 6.07 Å². The normalized spacial score (nSPS) is 18.6. The van der Waals surface area contributed by atoms with Crippen molar-refractivity contribution in [1.82, 2.24) is 4.98 Å². The maximum Gasteiger partial charge on any atom is 0.225 e. The predicted octanol–water partition coefficient (Wildman–Crippen LogP) is 2.48. The Balaban J connectivity index is 2.50. The summed E-state index contributed by atoms with van der Waals surface area (Å²) in [6, 6.07) is 1.60. The van der Waals surface area contributed by atoms with Crippen LogP contribution in [0.5, 0.6) is 5.88 Å². The SMILES string of the molecule is CC1(C)CC(=O)c2cc(Cl)cnc2O1. The smallest absolute Gasteiger partial charge is 0.225 e.